The zero-order valence-electron chi connectivity index (χ0n) is 10.4. The maximum Gasteiger partial charge on any atom is 0.280 e. The van der Waals surface area contributed by atoms with Gasteiger partial charge in [0.2, 0.25) is 0 Å². The Morgan fingerprint density at radius 2 is 1.95 bits per heavy atom. The highest BCUT2D eigenvalue weighted by atomic mass is 16.3. The SMILES string of the molecule is CC1=NN(c2ccccc2)C(=O)/C1=C/c1ccco1. The molecule has 0 unspecified atom stereocenters. The van der Waals surface area contributed by atoms with E-state index >= 15 is 0 Å². The van der Waals surface area contributed by atoms with Crippen LogP contribution in [0, 0.1) is 0 Å². The third-order valence-electron chi connectivity index (χ3n) is 2.89. The first-order valence-corrected chi connectivity index (χ1v) is 5.96. The van der Waals surface area contributed by atoms with Crippen LogP contribution in [0.5, 0.6) is 0 Å². The molecule has 1 aliphatic heterocycles. The summed E-state index contributed by atoms with van der Waals surface area (Å²) in [7, 11) is 0. The van der Waals surface area contributed by atoms with Crippen molar-refractivity contribution in [1.82, 2.24) is 0 Å². The van der Waals surface area contributed by atoms with Crippen molar-refractivity contribution in [2.75, 3.05) is 5.01 Å². The Hall–Kier alpha value is -2.62. The van der Waals surface area contributed by atoms with Crippen LogP contribution < -0.4 is 5.01 Å². The number of furan rings is 1. The third-order valence-corrected chi connectivity index (χ3v) is 2.89. The van der Waals surface area contributed by atoms with E-state index in [4.69, 9.17) is 4.42 Å². The van der Waals surface area contributed by atoms with Crippen molar-refractivity contribution in [2.45, 2.75) is 6.92 Å². The van der Waals surface area contributed by atoms with Gasteiger partial charge in [0.25, 0.3) is 5.91 Å². The van der Waals surface area contributed by atoms with Gasteiger partial charge in [0.05, 0.1) is 23.2 Å². The standard InChI is InChI=1S/C15H12N2O2/c1-11-14(10-13-8-5-9-19-13)15(18)17(16-11)12-6-3-2-4-7-12/h2-10H,1H3/b14-10+. The highest BCUT2D eigenvalue weighted by Crippen LogP contribution is 2.24. The molecule has 0 saturated carbocycles. The van der Waals surface area contributed by atoms with Gasteiger partial charge in [0.15, 0.2) is 0 Å². The van der Waals surface area contributed by atoms with Gasteiger partial charge in [-0.1, -0.05) is 18.2 Å². The molecule has 1 amide bonds. The van der Waals surface area contributed by atoms with E-state index in [0.29, 0.717) is 17.0 Å². The van der Waals surface area contributed by atoms with Gasteiger partial charge in [0, 0.05) is 0 Å². The van der Waals surface area contributed by atoms with Crippen molar-refractivity contribution in [1.29, 1.82) is 0 Å². The van der Waals surface area contributed by atoms with Crippen molar-refractivity contribution in [3.05, 3.63) is 60.1 Å². The molecule has 1 aliphatic rings. The normalized spacial score (nSPS) is 17.1. The third kappa shape index (κ3) is 2.08. The van der Waals surface area contributed by atoms with Crippen LogP contribution in [0.25, 0.3) is 6.08 Å². The molecule has 0 atom stereocenters. The molecular formula is C15H12N2O2. The smallest absolute Gasteiger partial charge is 0.280 e. The zero-order chi connectivity index (χ0) is 13.2. The molecule has 0 aliphatic carbocycles. The summed E-state index contributed by atoms with van der Waals surface area (Å²) in [5.74, 6) is 0.507. The number of anilines is 1. The molecule has 0 spiro atoms. The van der Waals surface area contributed by atoms with E-state index in [0.717, 1.165) is 5.69 Å². The van der Waals surface area contributed by atoms with Crippen LogP contribution in [-0.4, -0.2) is 11.6 Å². The second-order valence-corrected chi connectivity index (χ2v) is 4.21. The minimum Gasteiger partial charge on any atom is -0.465 e. The lowest BCUT2D eigenvalue weighted by Gasteiger charge is -2.10. The number of para-hydroxylation sites is 1. The number of benzene rings is 1. The lowest BCUT2D eigenvalue weighted by Crippen LogP contribution is -2.21. The van der Waals surface area contributed by atoms with Crippen LogP contribution in [0.3, 0.4) is 0 Å². The number of rotatable bonds is 2. The summed E-state index contributed by atoms with van der Waals surface area (Å²) < 4.78 is 5.23. The number of amides is 1. The first kappa shape index (κ1) is 11.5. The first-order valence-electron chi connectivity index (χ1n) is 5.96. The Balaban J connectivity index is 1.96. The summed E-state index contributed by atoms with van der Waals surface area (Å²) in [5.41, 5.74) is 2.00. The maximum absolute atomic E-state index is 12.3. The molecule has 1 aromatic carbocycles. The maximum atomic E-state index is 12.3. The number of hydrazone groups is 1. The van der Waals surface area contributed by atoms with E-state index in [1.807, 2.05) is 37.3 Å². The van der Waals surface area contributed by atoms with Crippen LogP contribution in [0.4, 0.5) is 5.69 Å². The molecule has 0 N–H and O–H groups in total. The number of nitrogens with zero attached hydrogens (tertiary/aromatic N) is 2. The predicted octanol–water partition coefficient (Wildman–Crippen LogP) is 3.09. The molecule has 4 nitrogen and oxygen atoms in total. The average molecular weight is 252 g/mol. The van der Waals surface area contributed by atoms with E-state index in [1.54, 1.807) is 24.5 Å². The van der Waals surface area contributed by atoms with E-state index in [-0.39, 0.29) is 5.91 Å². The summed E-state index contributed by atoms with van der Waals surface area (Å²) >= 11 is 0. The monoisotopic (exact) mass is 252 g/mol. The number of hydrogen-bond donors (Lipinski definition) is 0. The topological polar surface area (TPSA) is 45.8 Å². The molecule has 94 valence electrons. The van der Waals surface area contributed by atoms with Gasteiger partial charge in [0.1, 0.15) is 5.76 Å². The summed E-state index contributed by atoms with van der Waals surface area (Å²) in [4.78, 5) is 12.3. The second kappa shape index (κ2) is 4.57. The van der Waals surface area contributed by atoms with Gasteiger partial charge in [-0.3, -0.25) is 4.79 Å². The van der Waals surface area contributed by atoms with Gasteiger partial charge in [-0.25, -0.2) is 0 Å². The van der Waals surface area contributed by atoms with Crippen LogP contribution >= 0.6 is 0 Å². The molecule has 1 aromatic heterocycles. The Labute approximate surface area is 110 Å². The zero-order valence-corrected chi connectivity index (χ0v) is 10.4. The molecule has 4 heteroatoms. The van der Waals surface area contributed by atoms with Crippen molar-refractivity contribution < 1.29 is 9.21 Å². The average Bonchev–Trinajstić information content (AvgIpc) is 3.03. The Morgan fingerprint density at radius 3 is 2.63 bits per heavy atom. The van der Waals surface area contributed by atoms with E-state index in [9.17, 15) is 4.79 Å². The van der Waals surface area contributed by atoms with E-state index in [1.165, 1.54) is 5.01 Å². The molecule has 0 radical (unpaired) electrons. The number of carbonyl (C=O) groups is 1. The van der Waals surface area contributed by atoms with Crippen molar-refractivity contribution in [3.63, 3.8) is 0 Å². The first-order chi connectivity index (χ1) is 9.25. The van der Waals surface area contributed by atoms with Crippen LogP contribution in [0.15, 0.2) is 63.8 Å². The van der Waals surface area contributed by atoms with Gasteiger partial charge >= 0.3 is 0 Å². The lowest BCUT2D eigenvalue weighted by molar-refractivity contribution is -0.114. The molecule has 0 fully saturated rings. The Kier molecular flexibility index (Phi) is 2.76. The van der Waals surface area contributed by atoms with Crippen LogP contribution in [0.1, 0.15) is 12.7 Å². The molecular weight excluding hydrogens is 240 g/mol. The highest BCUT2D eigenvalue weighted by molar-refractivity contribution is 6.32. The fourth-order valence-corrected chi connectivity index (χ4v) is 1.94. The quantitative estimate of drug-likeness (QED) is 0.771. The van der Waals surface area contributed by atoms with E-state index < -0.39 is 0 Å². The second-order valence-electron chi connectivity index (χ2n) is 4.21. The largest absolute Gasteiger partial charge is 0.465 e. The molecule has 0 saturated heterocycles. The fraction of sp³-hybridized carbons (Fsp3) is 0.0667. The highest BCUT2D eigenvalue weighted by Gasteiger charge is 2.28. The Bertz CT molecular complexity index is 655. The summed E-state index contributed by atoms with van der Waals surface area (Å²) in [6.45, 7) is 1.82. The molecule has 2 aromatic rings. The number of carbonyl (C=O) groups excluding carboxylic acids is 1. The summed E-state index contributed by atoms with van der Waals surface area (Å²) in [6, 6.07) is 12.9. The van der Waals surface area contributed by atoms with Crippen LogP contribution in [-0.2, 0) is 4.79 Å². The minimum atomic E-state index is -0.139. The van der Waals surface area contributed by atoms with Gasteiger partial charge < -0.3 is 4.42 Å². The molecule has 0 bridgehead atoms. The fourth-order valence-electron chi connectivity index (χ4n) is 1.94. The number of hydrogen-bond acceptors (Lipinski definition) is 3. The van der Waals surface area contributed by atoms with Crippen molar-refractivity contribution in [2.24, 2.45) is 5.10 Å². The van der Waals surface area contributed by atoms with Crippen molar-refractivity contribution >= 4 is 23.4 Å². The van der Waals surface area contributed by atoms with Gasteiger partial charge in [-0.2, -0.15) is 10.1 Å². The molecule has 2 heterocycles. The van der Waals surface area contributed by atoms with Gasteiger partial charge in [-0.05, 0) is 37.3 Å². The lowest BCUT2D eigenvalue weighted by atomic mass is 10.1. The minimum absolute atomic E-state index is 0.139. The van der Waals surface area contributed by atoms with Crippen molar-refractivity contribution in [3.8, 4) is 0 Å². The van der Waals surface area contributed by atoms with Crippen LogP contribution in [0.2, 0.25) is 0 Å². The van der Waals surface area contributed by atoms with E-state index in [2.05, 4.69) is 5.10 Å². The van der Waals surface area contributed by atoms with Gasteiger partial charge in [-0.15, -0.1) is 0 Å². The Morgan fingerprint density at radius 1 is 1.16 bits per heavy atom. The summed E-state index contributed by atoms with van der Waals surface area (Å²) in [5, 5.41) is 5.70. The summed E-state index contributed by atoms with van der Waals surface area (Å²) in [6.07, 6.45) is 3.29. The molecule has 3 rings (SSSR count). The predicted molar refractivity (Wildman–Crippen MR) is 73.7 cm³/mol. The molecule has 19 heavy (non-hydrogen) atoms.